The van der Waals surface area contributed by atoms with Gasteiger partial charge in [-0.2, -0.15) is 0 Å². The molecular weight excluding hydrogens is 306 g/mol. The third-order valence-corrected chi connectivity index (χ3v) is 4.89. The molecule has 2 bridgehead atoms. The van der Waals surface area contributed by atoms with Crippen LogP contribution in [-0.2, 0) is 11.2 Å². The maximum Gasteiger partial charge on any atom is 0.122 e. The van der Waals surface area contributed by atoms with E-state index in [0.29, 0.717) is 18.1 Å². The summed E-state index contributed by atoms with van der Waals surface area (Å²) in [5.74, 6) is 1.42. The van der Waals surface area contributed by atoms with Crippen molar-refractivity contribution in [3.63, 3.8) is 0 Å². The number of nitrogens with two attached hydrogens (primary N) is 1. The van der Waals surface area contributed by atoms with Crippen LogP contribution in [0.2, 0.25) is 0 Å². The number of methoxy groups -OCH3 is 1. The van der Waals surface area contributed by atoms with Crippen molar-refractivity contribution in [3.8, 4) is 5.75 Å². The zero-order valence-corrected chi connectivity index (χ0v) is 12.7. The lowest BCUT2D eigenvalue weighted by Gasteiger charge is -2.25. The fraction of sp³-hybridized carbons (Fsp3) is 0.600. The van der Waals surface area contributed by atoms with Gasteiger partial charge < -0.3 is 15.2 Å². The molecule has 2 aliphatic rings. The molecule has 4 heteroatoms. The minimum absolute atomic E-state index is 0.151. The molecule has 1 aromatic carbocycles. The Labute approximate surface area is 122 Å². The Balaban J connectivity index is 1.72. The lowest BCUT2D eigenvalue weighted by atomic mass is 9.82. The van der Waals surface area contributed by atoms with Gasteiger partial charge in [0.05, 0.1) is 19.3 Å². The molecule has 0 amide bonds. The van der Waals surface area contributed by atoms with Crippen LogP contribution in [0.15, 0.2) is 22.7 Å². The molecule has 2 aliphatic heterocycles. The standard InChI is InChI=1S/C15H20BrNO2/c1-18-14-4-2-10(16)6-9(14)7-13(17)12-8-11-3-5-15(12)19-11/h2,4,6,11-13,15H,3,5,7-8,17H2,1H3. The summed E-state index contributed by atoms with van der Waals surface area (Å²) < 4.78 is 12.4. The Bertz CT molecular complexity index is 465. The molecule has 0 aliphatic carbocycles. The van der Waals surface area contributed by atoms with Crippen molar-refractivity contribution in [1.82, 2.24) is 0 Å². The van der Waals surface area contributed by atoms with E-state index in [1.54, 1.807) is 7.11 Å². The van der Waals surface area contributed by atoms with E-state index in [9.17, 15) is 0 Å². The van der Waals surface area contributed by atoms with Gasteiger partial charge in [-0.05, 0) is 49.4 Å². The number of benzene rings is 1. The van der Waals surface area contributed by atoms with Crippen LogP contribution in [0.1, 0.15) is 24.8 Å². The van der Waals surface area contributed by atoms with Gasteiger partial charge in [-0.15, -0.1) is 0 Å². The van der Waals surface area contributed by atoms with Crippen molar-refractivity contribution in [2.45, 2.75) is 43.9 Å². The van der Waals surface area contributed by atoms with Gasteiger partial charge >= 0.3 is 0 Å². The van der Waals surface area contributed by atoms with Gasteiger partial charge in [0, 0.05) is 16.4 Å². The maximum atomic E-state index is 6.42. The van der Waals surface area contributed by atoms with E-state index in [0.717, 1.165) is 23.1 Å². The van der Waals surface area contributed by atoms with Gasteiger partial charge in [0.25, 0.3) is 0 Å². The van der Waals surface area contributed by atoms with E-state index in [1.165, 1.54) is 18.4 Å². The number of ether oxygens (including phenoxy) is 2. The Morgan fingerprint density at radius 2 is 2.32 bits per heavy atom. The number of fused-ring (bicyclic) bond motifs is 2. The van der Waals surface area contributed by atoms with Crippen LogP contribution in [0.25, 0.3) is 0 Å². The number of hydrogen-bond donors (Lipinski definition) is 1. The van der Waals surface area contributed by atoms with Gasteiger partial charge in [0.1, 0.15) is 5.75 Å². The third-order valence-electron chi connectivity index (χ3n) is 4.40. The molecule has 19 heavy (non-hydrogen) atoms. The molecule has 2 saturated heterocycles. The van der Waals surface area contributed by atoms with E-state index < -0.39 is 0 Å². The zero-order chi connectivity index (χ0) is 13.4. The van der Waals surface area contributed by atoms with E-state index >= 15 is 0 Å². The van der Waals surface area contributed by atoms with E-state index in [4.69, 9.17) is 15.2 Å². The molecule has 3 rings (SSSR count). The largest absolute Gasteiger partial charge is 0.496 e. The summed E-state index contributed by atoms with van der Waals surface area (Å²) in [5.41, 5.74) is 7.59. The van der Waals surface area contributed by atoms with E-state index in [1.807, 2.05) is 12.1 Å². The van der Waals surface area contributed by atoms with Crippen LogP contribution in [-0.4, -0.2) is 25.4 Å². The molecule has 0 radical (unpaired) electrons. The van der Waals surface area contributed by atoms with Gasteiger partial charge in [-0.25, -0.2) is 0 Å². The summed E-state index contributed by atoms with van der Waals surface area (Å²) in [6.45, 7) is 0. The Morgan fingerprint density at radius 1 is 1.47 bits per heavy atom. The Morgan fingerprint density at radius 3 is 2.95 bits per heavy atom. The van der Waals surface area contributed by atoms with Crippen molar-refractivity contribution < 1.29 is 9.47 Å². The highest BCUT2D eigenvalue weighted by Gasteiger charge is 2.43. The molecule has 2 heterocycles. The Hall–Kier alpha value is -0.580. The fourth-order valence-corrected chi connectivity index (χ4v) is 3.85. The predicted octanol–water partition coefficient (Wildman–Crippen LogP) is 2.90. The summed E-state index contributed by atoms with van der Waals surface area (Å²) in [6.07, 6.45) is 5.22. The third kappa shape index (κ3) is 2.67. The van der Waals surface area contributed by atoms with E-state index in [-0.39, 0.29) is 6.04 Å². The van der Waals surface area contributed by atoms with Crippen LogP contribution < -0.4 is 10.5 Å². The molecule has 3 nitrogen and oxygen atoms in total. The van der Waals surface area contributed by atoms with Gasteiger partial charge in [0.15, 0.2) is 0 Å². The van der Waals surface area contributed by atoms with Gasteiger partial charge in [0.2, 0.25) is 0 Å². The highest BCUT2D eigenvalue weighted by Crippen LogP contribution is 2.41. The minimum atomic E-state index is 0.151. The first-order chi connectivity index (χ1) is 9.17. The van der Waals surface area contributed by atoms with Crippen molar-refractivity contribution in [1.29, 1.82) is 0 Å². The smallest absolute Gasteiger partial charge is 0.122 e. The van der Waals surface area contributed by atoms with Crippen LogP contribution >= 0.6 is 15.9 Å². The first kappa shape index (κ1) is 13.4. The molecule has 0 saturated carbocycles. The highest BCUT2D eigenvalue weighted by atomic mass is 79.9. The first-order valence-corrected chi connectivity index (χ1v) is 7.70. The predicted molar refractivity (Wildman–Crippen MR) is 78.4 cm³/mol. The average Bonchev–Trinajstić information content (AvgIpc) is 3.01. The van der Waals surface area contributed by atoms with Crippen LogP contribution in [0, 0.1) is 5.92 Å². The van der Waals surface area contributed by atoms with Crippen molar-refractivity contribution in [2.75, 3.05) is 7.11 Å². The summed E-state index contributed by atoms with van der Waals surface area (Å²) in [7, 11) is 1.71. The molecule has 2 fully saturated rings. The first-order valence-electron chi connectivity index (χ1n) is 6.91. The second-order valence-corrected chi connectivity index (χ2v) is 6.51. The molecule has 2 N–H and O–H groups in total. The summed E-state index contributed by atoms with van der Waals surface area (Å²) in [4.78, 5) is 0. The molecule has 4 atom stereocenters. The van der Waals surface area contributed by atoms with Crippen molar-refractivity contribution in [2.24, 2.45) is 11.7 Å². The van der Waals surface area contributed by atoms with E-state index in [2.05, 4.69) is 22.0 Å². The van der Waals surface area contributed by atoms with Gasteiger partial charge in [-0.1, -0.05) is 15.9 Å². The van der Waals surface area contributed by atoms with Crippen LogP contribution in [0.3, 0.4) is 0 Å². The lowest BCUT2D eigenvalue weighted by Crippen LogP contribution is -2.38. The molecule has 4 unspecified atom stereocenters. The summed E-state index contributed by atoms with van der Waals surface area (Å²) in [6, 6.07) is 6.24. The van der Waals surface area contributed by atoms with Gasteiger partial charge in [-0.3, -0.25) is 0 Å². The van der Waals surface area contributed by atoms with Crippen molar-refractivity contribution >= 4 is 15.9 Å². The molecule has 104 valence electrons. The fourth-order valence-electron chi connectivity index (χ4n) is 3.44. The quantitative estimate of drug-likeness (QED) is 0.925. The second-order valence-electron chi connectivity index (χ2n) is 5.60. The lowest BCUT2D eigenvalue weighted by molar-refractivity contribution is 0.0884. The SMILES string of the molecule is COc1ccc(Br)cc1CC(N)C1CC2CCC1O2. The molecular formula is C15H20BrNO2. The molecule has 0 spiro atoms. The summed E-state index contributed by atoms with van der Waals surface area (Å²) in [5, 5.41) is 0. The summed E-state index contributed by atoms with van der Waals surface area (Å²) >= 11 is 3.51. The average molecular weight is 326 g/mol. The normalized spacial score (nSPS) is 30.6. The van der Waals surface area contributed by atoms with Crippen molar-refractivity contribution in [3.05, 3.63) is 28.2 Å². The topological polar surface area (TPSA) is 44.5 Å². The van der Waals surface area contributed by atoms with Crippen LogP contribution in [0.5, 0.6) is 5.75 Å². The minimum Gasteiger partial charge on any atom is -0.496 e. The molecule has 0 aromatic heterocycles. The zero-order valence-electron chi connectivity index (χ0n) is 11.1. The number of hydrogen-bond acceptors (Lipinski definition) is 3. The highest BCUT2D eigenvalue weighted by molar-refractivity contribution is 9.10. The number of halogens is 1. The number of rotatable bonds is 4. The Kier molecular flexibility index (Phi) is 3.83. The van der Waals surface area contributed by atoms with Crippen LogP contribution in [0.4, 0.5) is 0 Å². The maximum absolute atomic E-state index is 6.42. The second kappa shape index (κ2) is 5.43. The monoisotopic (exact) mass is 325 g/mol. The molecule has 1 aromatic rings.